The molecule has 2 aromatic rings. The fourth-order valence-electron chi connectivity index (χ4n) is 2.84. The van der Waals surface area contributed by atoms with Gasteiger partial charge in [0, 0.05) is 55.5 Å². The Hall–Kier alpha value is -2.70. The SMILES string of the molecule is CC1CN(C(=O)Nc2ccc(F)c(F)c2)CCN1c1ccncc1. The Morgan fingerprint density at radius 2 is 1.92 bits per heavy atom. The van der Waals surface area contributed by atoms with Gasteiger partial charge in [0.05, 0.1) is 0 Å². The summed E-state index contributed by atoms with van der Waals surface area (Å²) in [4.78, 5) is 20.2. The number of piperazine rings is 1. The Bertz CT molecular complexity index is 726. The van der Waals surface area contributed by atoms with Gasteiger partial charge in [0.25, 0.3) is 0 Å². The lowest BCUT2D eigenvalue weighted by Gasteiger charge is -2.41. The van der Waals surface area contributed by atoms with Gasteiger partial charge in [-0.1, -0.05) is 0 Å². The van der Waals surface area contributed by atoms with E-state index in [-0.39, 0.29) is 17.8 Å². The van der Waals surface area contributed by atoms with E-state index < -0.39 is 11.6 Å². The third-order valence-electron chi connectivity index (χ3n) is 4.08. The van der Waals surface area contributed by atoms with Crippen molar-refractivity contribution in [2.75, 3.05) is 29.9 Å². The number of nitrogens with one attached hydrogen (secondary N) is 1. The first-order valence-corrected chi connectivity index (χ1v) is 7.72. The number of benzene rings is 1. The minimum Gasteiger partial charge on any atom is -0.365 e. The molecule has 1 N–H and O–H groups in total. The number of aromatic nitrogens is 1. The Morgan fingerprint density at radius 3 is 2.58 bits per heavy atom. The van der Waals surface area contributed by atoms with Gasteiger partial charge in [-0.15, -0.1) is 0 Å². The van der Waals surface area contributed by atoms with E-state index in [9.17, 15) is 13.6 Å². The first kappa shape index (κ1) is 16.2. The van der Waals surface area contributed by atoms with Crippen LogP contribution in [0.25, 0.3) is 0 Å². The van der Waals surface area contributed by atoms with Crippen molar-refractivity contribution in [3.05, 3.63) is 54.4 Å². The molecule has 0 spiro atoms. The minimum absolute atomic E-state index is 0.136. The van der Waals surface area contributed by atoms with Crippen LogP contribution >= 0.6 is 0 Å². The summed E-state index contributed by atoms with van der Waals surface area (Å²) in [6.07, 6.45) is 3.48. The Labute approximate surface area is 138 Å². The zero-order valence-electron chi connectivity index (χ0n) is 13.2. The number of carbonyl (C=O) groups excluding carboxylic acids is 1. The molecule has 5 nitrogen and oxygen atoms in total. The molecule has 0 bridgehead atoms. The number of pyridine rings is 1. The maximum Gasteiger partial charge on any atom is 0.321 e. The molecule has 7 heteroatoms. The van der Waals surface area contributed by atoms with E-state index in [1.54, 1.807) is 17.3 Å². The molecule has 0 radical (unpaired) electrons. The molecule has 1 aliphatic rings. The number of halogens is 2. The Kier molecular flexibility index (Phi) is 4.59. The van der Waals surface area contributed by atoms with Crippen LogP contribution in [0.4, 0.5) is 25.0 Å². The lowest BCUT2D eigenvalue weighted by Crippen LogP contribution is -2.54. The van der Waals surface area contributed by atoms with Gasteiger partial charge < -0.3 is 15.1 Å². The summed E-state index contributed by atoms with van der Waals surface area (Å²) in [5.74, 6) is -1.92. The average molecular weight is 332 g/mol. The molecule has 0 saturated carbocycles. The van der Waals surface area contributed by atoms with Gasteiger partial charge in [0.15, 0.2) is 11.6 Å². The van der Waals surface area contributed by atoms with E-state index in [2.05, 4.69) is 15.2 Å². The second-order valence-corrected chi connectivity index (χ2v) is 5.75. The first-order chi connectivity index (χ1) is 11.5. The van der Waals surface area contributed by atoms with Crippen LogP contribution in [-0.4, -0.2) is 41.6 Å². The lowest BCUT2D eigenvalue weighted by molar-refractivity contribution is 0.200. The van der Waals surface area contributed by atoms with E-state index in [1.165, 1.54) is 6.07 Å². The second kappa shape index (κ2) is 6.82. The molecule has 126 valence electrons. The number of urea groups is 1. The zero-order chi connectivity index (χ0) is 17.1. The Morgan fingerprint density at radius 1 is 1.17 bits per heavy atom. The third kappa shape index (κ3) is 3.45. The predicted octanol–water partition coefficient (Wildman–Crippen LogP) is 3.10. The van der Waals surface area contributed by atoms with E-state index >= 15 is 0 Å². The molecule has 1 fully saturated rings. The van der Waals surface area contributed by atoms with Crippen LogP contribution in [0.3, 0.4) is 0 Å². The fourth-order valence-corrected chi connectivity index (χ4v) is 2.84. The van der Waals surface area contributed by atoms with Crippen molar-refractivity contribution in [1.82, 2.24) is 9.88 Å². The summed E-state index contributed by atoms with van der Waals surface area (Å²) in [7, 11) is 0. The molecular weight excluding hydrogens is 314 g/mol. The maximum absolute atomic E-state index is 13.2. The maximum atomic E-state index is 13.2. The molecular formula is C17H18F2N4O. The van der Waals surface area contributed by atoms with Gasteiger partial charge in [0.2, 0.25) is 0 Å². The van der Waals surface area contributed by atoms with Gasteiger partial charge in [-0.05, 0) is 31.2 Å². The summed E-state index contributed by atoms with van der Waals surface area (Å²) >= 11 is 0. The lowest BCUT2D eigenvalue weighted by atomic mass is 10.1. The highest BCUT2D eigenvalue weighted by atomic mass is 19.2. The van der Waals surface area contributed by atoms with Crippen molar-refractivity contribution in [3.63, 3.8) is 0 Å². The normalized spacial score (nSPS) is 17.7. The van der Waals surface area contributed by atoms with E-state index in [1.807, 2.05) is 19.1 Å². The fraction of sp³-hybridized carbons (Fsp3) is 0.294. The highest BCUT2D eigenvalue weighted by Gasteiger charge is 2.27. The van der Waals surface area contributed by atoms with Crippen molar-refractivity contribution in [2.24, 2.45) is 0 Å². The highest BCUT2D eigenvalue weighted by molar-refractivity contribution is 5.89. The van der Waals surface area contributed by atoms with E-state index in [0.29, 0.717) is 19.6 Å². The molecule has 1 aliphatic heterocycles. The molecule has 1 unspecified atom stereocenters. The van der Waals surface area contributed by atoms with Gasteiger partial charge >= 0.3 is 6.03 Å². The second-order valence-electron chi connectivity index (χ2n) is 5.75. The first-order valence-electron chi connectivity index (χ1n) is 7.72. The summed E-state index contributed by atoms with van der Waals surface area (Å²) in [5.41, 5.74) is 1.31. The molecule has 2 amide bonds. The number of amides is 2. The number of rotatable bonds is 2. The number of nitrogens with zero attached hydrogens (tertiary/aromatic N) is 3. The summed E-state index contributed by atoms with van der Waals surface area (Å²) in [6, 6.07) is 7.01. The number of hydrogen-bond acceptors (Lipinski definition) is 3. The summed E-state index contributed by atoms with van der Waals surface area (Å²) < 4.78 is 26.2. The number of hydrogen-bond donors (Lipinski definition) is 1. The number of anilines is 2. The highest BCUT2D eigenvalue weighted by Crippen LogP contribution is 2.20. The molecule has 24 heavy (non-hydrogen) atoms. The molecule has 0 aliphatic carbocycles. The topological polar surface area (TPSA) is 48.5 Å². The van der Waals surface area contributed by atoms with Crippen molar-refractivity contribution in [3.8, 4) is 0 Å². The Balaban J connectivity index is 1.62. The van der Waals surface area contributed by atoms with Crippen LogP contribution in [0.1, 0.15) is 6.92 Å². The smallest absolute Gasteiger partial charge is 0.321 e. The monoisotopic (exact) mass is 332 g/mol. The summed E-state index contributed by atoms with van der Waals surface area (Å²) in [5, 5.41) is 2.61. The van der Waals surface area contributed by atoms with Crippen molar-refractivity contribution in [1.29, 1.82) is 0 Å². The van der Waals surface area contributed by atoms with Gasteiger partial charge in [-0.25, -0.2) is 13.6 Å². The zero-order valence-corrected chi connectivity index (χ0v) is 13.2. The van der Waals surface area contributed by atoms with Crippen LogP contribution in [0.2, 0.25) is 0 Å². The van der Waals surface area contributed by atoms with Gasteiger partial charge in [-0.2, -0.15) is 0 Å². The molecule has 1 atom stereocenters. The molecule has 1 saturated heterocycles. The standard InChI is InChI=1S/C17H18F2N4O/c1-12-11-22(8-9-23(12)14-4-6-20-7-5-14)17(24)21-13-2-3-15(18)16(19)10-13/h2-7,10,12H,8-9,11H2,1H3,(H,21,24). The molecule has 2 heterocycles. The van der Waals surface area contributed by atoms with E-state index in [0.717, 1.165) is 17.8 Å². The molecule has 3 rings (SSSR count). The third-order valence-corrected chi connectivity index (χ3v) is 4.08. The van der Waals surface area contributed by atoms with Crippen LogP contribution in [0.15, 0.2) is 42.7 Å². The van der Waals surface area contributed by atoms with Crippen molar-refractivity contribution >= 4 is 17.4 Å². The van der Waals surface area contributed by atoms with Gasteiger partial charge in [0.1, 0.15) is 0 Å². The van der Waals surface area contributed by atoms with Gasteiger partial charge in [-0.3, -0.25) is 4.98 Å². The van der Waals surface area contributed by atoms with Crippen LogP contribution in [0.5, 0.6) is 0 Å². The predicted molar refractivity (Wildman–Crippen MR) is 88.0 cm³/mol. The number of carbonyl (C=O) groups is 1. The van der Waals surface area contributed by atoms with Crippen molar-refractivity contribution in [2.45, 2.75) is 13.0 Å². The van der Waals surface area contributed by atoms with Crippen LogP contribution in [-0.2, 0) is 0 Å². The van der Waals surface area contributed by atoms with Crippen LogP contribution < -0.4 is 10.2 Å². The molecule has 1 aromatic heterocycles. The average Bonchev–Trinajstić information content (AvgIpc) is 2.59. The quantitative estimate of drug-likeness (QED) is 0.919. The summed E-state index contributed by atoms with van der Waals surface area (Å²) in [6.45, 7) is 3.81. The van der Waals surface area contributed by atoms with Crippen LogP contribution in [0, 0.1) is 11.6 Å². The largest absolute Gasteiger partial charge is 0.365 e. The molecule has 1 aromatic carbocycles. The minimum atomic E-state index is -0.983. The van der Waals surface area contributed by atoms with Crippen molar-refractivity contribution < 1.29 is 13.6 Å². The van der Waals surface area contributed by atoms with E-state index in [4.69, 9.17) is 0 Å².